The SMILES string of the molecule is CC(=O)N[C@@H]1[C@H](Oc2cccc(C)c2)O[C@@H]2CO[C@H](c3ccccc3)O[C@H]2[C@H]1O. The summed E-state index contributed by atoms with van der Waals surface area (Å²) in [6.07, 6.45) is -3.70. The molecule has 2 aliphatic heterocycles. The number of hydrogen-bond donors (Lipinski definition) is 2. The maximum atomic E-state index is 11.8. The van der Waals surface area contributed by atoms with Crippen molar-refractivity contribution in [2.45, 2.75) is 50.8 Å². The Morgan fingerprint density at radius 2 is 1.93 bits per heavy atom. The van der Waals surface area contributed by atoms with Crippen molar-refractivity contribution >= 4 is 5.91 Å². The van der Waals surface area contributed by atoms with E-state index >= 15 is 0 Å². The fraction of sp³-hybridized carbons (Fsp3) is 0.409. The van der Waals surface area contributed by atoms with E-state index in [0.29, 0.717) is 5.75 Å². The number of fused-ring (bicyclic) bond motifs is 1. The van der Waals surface area contributed by atoms with Crippen LogP contribution in [0.25, 0.3) is 0 Å². The van der Waals surface area contributed by atoms with Gasteiger partial charge in [0.25, 0.3) is 0 Å². The molecule has 4 rings (SSSR count). The molecule has 0 radical (unpaired) electrons. The van der Waals surface area contributed by atoms with Gasteiger partial charge in [-0.3, -0.25) is 4.79 Å². The summed E-state index contributed by atoms with van der Waals surface area (Å²) in [6, 6.07) is 16.2. The molecule has 0 saturated carbocycles. The number of nitrogens with one attached hydrogen (secondary N) is 1. The van der Waals surface area contributed by atoms with Crippen molar-refractivity contribution in [1.82, 2.24) is 5.32 Å². The molecule has 7 heteroatoms. The lowest BCUT2D eigenvalue weighted by Gasteiger charge is -2.47. The lowest BCUT2D eigenvalue weighted by molar-refractivity contribution is -0.333. The topological polar surface area (TPSA) is 86.3 Å². The number of amides is 1. The second-order valence-electron chi connectivity index (χ2n) is 7.37. The van der Waals surface area contributed by atoms with Crippen LogP contribution in [0.5, 0.6) is 5.75 Å². The molecule has 0 aliphatic carbocycles. The predicted octanol–water partition coefficient (Wildman–Crippen LogP) is 2.08. The maximum Gasteiger partial charge on any atom is 0.223 e. The molecule has 6 atom stereocenters. The quantitative estimate of drug-likeness (QED) is 0.819. The number of carbonyl (C=O) groups excluding carboxylic acids is 1. The molecule has 7 nitrogen and oxygen atoms in total. The minimum Gasteiger partial charge on any atom is -0.463 e. The first-order chi connectivity index (χ1) is 14.0. The van der Waals surface area contributed by atoms with Gasteiger partial charge in [-0.25, -0.2) is 0 Å². The Balaban J connectivity index is 1.54. The van der Waals surface area contributed by atoms with Crippen LogP contribution in [0.15, 0.2) is 54.6 Å². The van der Waals surface area contributed by atoms with Gasteiger partial charge in [0.2, 0.25) is 12.2 Å². The Labute approximate surface area is 169 Å². The summed E-state index contributed by atoms with van der Waals surface area (Å²) in [5.41, 5.74) is 1.88. The first-order valence-corrected chi connectivity index (χ1v) is 9.67. The standard InChI is InChI=1S/C22H25NO6/c1-13-7-6-10-16(11-13)27-22-18(23-14(2)24)19(25)20-17(28-22)12-26-21(29-20)15-8-4-3-5-9-15/h3-11,17-22,25H,12H2,1-2H3,(H,23,24)/t17-,18+,19+,20-,21+,22-/m1/s1. The van der Waals surface area contributed by atoms with Crippen LogP contribution in [0.1, 0.15) is 24.3 Å². The number of rotatable bonds is 4. The molecule has 2 aromatic rings. The largest absolute Gasteiger partial charge is 0.463 e. The van der Waals surface area contributed by atoms with Crippen molar-refractivity contribution in [3.05, 3.63) is 65.7 Å². The predicted molar refractivity (Wildman–Crippen MR) is 104 cm³/mol. The minimum atomic E-state index is -1.03. The molecule has 0 aromatic heterocycles. The Morgan fingerprint density at radius 1 is 1.14 bits per heavy atom. The van der Waals surface area contributed by atoms with Crippen LogP contribution in [0.2, 0.25) is 0 Å². The van der Waals surface area contributed by atoms with E-state index in [0.717, 1.165) is 11.1 Å². The van der Waals surface area contributed by atoms with E-state index in [1.807, 2.05) is 55.5 Å². The Bertz CT molecular complexity index is 844. The van der Waals surface area contributed by atoms with Gasteiger partial charge in [0.1, 0.15) is 30.1 Å². The molecule has 2 N–H and O–H groups in total. The summed E-state index contributed by atoms with van der Waals surface area (Å²) < 4.78 is 23.9. The van der Waals surface area contributed by atoms with Crippen molar-refractivity contribution in [1.29, 1.82) is 0 Å². The van der Waals surface area contributed by atoms with Gasteiger partial charge in [0.15, 0.2) is 6.29 Å². The van der Waals surface area contributed by atoms with Gasteiger partial charge >= 0.3 is 0 Å². The third kappa shape index (κ3) is 4.43. The molecule has 0 unspecified atom stereocenters. The van der Waals surface area contributed by atoms with E-state index in [1.54, 1.807) is 6.07 Å². The van der Waals surface area contributed by atoms with Gasteiger partial charge in [-0.2, -0.15) is 0 Å². The van der Waals surface area contributed by atoms with Crippen molar-refractivity contribution < 1.29 is 28.8 Å². The van der Waals surface area contributed by atoms with E-state index in [9.17, 15) is 9.90 Å². The fourth-order valence-corrected chi connectivity index (χ4v) is 3.68. The summed E-state index contributed by atoms with van der Waals surface area (Å²) in [5, 5.41) is 13.8. The van der Waals surface area contributed by atoms with Gasteiger partial charge in [0.05, 0.1) is 6.61 Å². The zero-order valence-electron chi connectivity index (χ0n) is 16.4. The van der Waals surface area contributed by atoms with Crippen LogP contribution in [0.4, 0.5) is 0 Å². The molecule has 2 heterocycles. The monoisotopic (exact) mass is 399 g/mol. The van der Waals surface area contributed by atoms with Crippen molar-refractivity contribution in [3.63, 3.8) is 0 Å². The lowest BCUT2D eigenvalue weighted by atomic mass is 9.95. The summed E-state index contributed by atoms with van der Waals surface area (Å²) in [4.78, 5) is 11.8. The molecule has 2 aliphatic rings. The fourth-order valence-electron chi connectivity index (χ4n) is 3.68. The third-order valence-electron chi connectivity index (χ3n) is 5.05. The average molecular weight is 399 g/mol. The summed E-state index contributed by atoms with van der Waals surface area (Å²) >= 11 is 0. The zero-order chi connectivity index (χ0) is 20.4. The van der Waals surface area contributed by atoms with Gasteiger partial charge in [-0.05, 0) is 24.6 Å². The van der Waals surface area contributed by atoms with Gasteiger partial charge in [0, 0.05) is 12.5 Å². The molecule has 0 spiro atoms. The van der Waals surface area contributed by atoms with Crippen LogP contribution in [-0.4, -0.2) is 48.3 Å². The van der Waals surface area contributed by atoms with E-state index in [2.05, 4.69) is 5.32 Å². The highest BCUT2D eigenvalue weighted by Gasteiger charge is 2.50. The molecular formula is C22H25NO6. The van der Waals surface area contributed by atoms with Crippen molar-refractivity contribution in [2.24, 2.45) is 0 Å². The van der Waals surface area contributed by atoms with Gasteiger partial charge in [-0.15, -0.1) is 0 Å². The highest BCUT2D eigenvalue weighted by molar-refractivity contribution is 5.73. The highest BCUT2D eigenvalue weighted by Crippen LogP contribution is 2.34. The van der Waals surface area contributed by atoms with Crippen LogP contribution >= 0.6 is 0 Å². The van der Waals surface area contributed by atoms with Crippen LogP contribution < -0.4 is 10.1 Å². The molecular weight excluding hydrogens is 374 g/mol. The minimum absolute atomic E-state index is 0.238. The molecule has 0 bridgehead atoms. The number of aliphatic hydroxyl groups excluding tert-OH is 1. The zero-order valence-corrected chi connectivity index (χ0v) is 16.4. The molecule has 1 amide bonds. The smallest absolute Gasteiger partial charge is 0.223 e. The molecule has 2 aromatic carbocycles. The van der Waals surface area contributed by atoms with E-state index in [1.165, 1.54) is 6.92 Å². The van der Waals surface area contributed by atoms with E-state index in [4.69, 9.17) is 18.9 Å². The molecule has 154 valence electrons. The number of aliphatic hydroxyl groups is 1. The van der Waals surface area contributed by atoms with Gasteiger partial charge in [-0.1, -0.05) is 42.5 Å². The third-order valence-corrected chi connectivity index (χ3v) is 5.05. The Morgan fingerprint density at radius 3 is 2.66 bits per heavy atom. The van der Waals surface area contributed by atoms with Crippen LogP contribution in [-0.2, 0) is 19.0 Å². The Hall–Kier alpha value is -2.45. The second kappa shape index (κ2) is 8.51. The van der Waals surface area contributed by atoms with Crippen molar-refractivity contribution in [3.8, 4) is 5.75 Å². The van der Waals surface area contributed by atoms with Crippen LogP contribution in [0, 0.1) is 6.92 Å². The number of ether oxygens (including phenoxy) is 4. The first-order valence-electron chi connectivity index (χ1n) is 9.67. The average Bonchev–Trinajstić information content (AvgIpc) is 2.71. The molecule has 2 saturated heterocycles. The second-order valence-corrected chi connectivity index (χ2v) is 7.37. The number of benzene rings is 2. The van der Waals surface area contributed by atoms with E-state index in [-0.39, 0.29) is 12.5 Å². The lowest BCUT2D eigenvalue weighted by Crippen LogP contribution is -2.67. The maximum absolute atomic E-state index is 11.8. The normalized spacial score (nSPS) is 31.6. The summed E-state index contributed by atoms with van der Waals surface area (Å²) in [5.74, 6) is 0.302. The number of hydrogen-bond acceptors (Lipinski definition) is 6. The highest BCUT2D eigenvalue weighted by atomic mass is 16.7. The van der Waals surface area contributed by atoms with Gasteiger partial charge < -0.3 is 29.4 Å². The number of aryl methyl sites for hydroxylation is 1. The summed E-state index contributed by atoms with van der Waals surface area (Å²) in [7, 11) is 0. The Kier molecular flexibility index (Phi) is 5.82. The van der Waals surface area contributed by atoms with E-state index < -0.39 is 36.9 Å². The van der Waals surface area contributed by atoms with Crippen molar-refractivity contribution in [2.75, 3.05) is 6.61 Å². The molecule has 29 heavy (non-hydrogen) atoms. The number of carbonyl (C=O) groups is 1. The first kappa shape index (κ1) is 19.8. The molecule has 2 fully saturated rings. The summed E-state index contributed by atoms with van der Waals surface area (Å²) in [6.45, 7) is 3.58. The van der Waals surface area contributed by atoms with Crippen LogP contribution in [0.3, 0.4) is 0 Å².